The highest BCUT2D eigenvalue weighted by Crippen LogP contribution is 2.55. The Labute approximate surface area is 232 Å². The first-order valence-electron chi connectivity index (χ1n) is 11.5. The number of hydrogen-bond acceptors (Lipinski definition) is 6. The molecule has 0 aromatic heterocycles. The SMILES string of the molecule is COc1ccc([N+](=O)[O-])c2c1N[C@H](c1cc(Br)c(OCc3ccc(Cl)cc3Cl)c(OC)c1)[C@H]1CC=C[C@H]21. The van der Waals surface area contributed by atoms with Gasteiger partial charge in [0.25, 0.3) is 5.69 Å². The van der Waals surface area contributed by atoms with Crippen molar-refractivity contribution < 1.29 is 19.1 Å². The van der Waals surface area contributed by atoms with Crippen molar-refractivity contribution in [2.75, 3.05) is 19.5 Å². The van der Waals surface area contributed by atoms with E-state index in [0.717, 1.165) is 17.5 Å². The number of rotatable bonds is 7. The third-order valence-electron chi connectivity index (χ3n) is 6.87. The van der Waals surface area contributed by atoms with Crippen LogP contribution in [0.3, 0.4) is 0 Å². The van der Waals surface area contributed by atoms with Crippen molar-refractivity contribution in [1.82, 2.24) is 0 Å². The molecule has 10 heteroatoms. The predicted molar refractivity (Wildman–Crippen MR) is 147 cm³/mol. The van der Waals surface area contributed by atoms with E-state index < -0.39 is 0 Å². The molecule has 1 aliphatic heterocycles. The van der Waals surface area contributed by atoms with E-state index in [2.05, 4.69) is 33.4 Å². The molecule has 1 heterocycles. The summed E-state index contributed by atoms with van der Waals surface area (Å²) in [5, 5.41) is 16.5. The number of halogens is 3. The maximum Gasteiger partial charge on any atom is 0.275 e. The average Bonchev–Trinajstić information content (AvgIpc) is 3.37. The molecule has 2 aliphatic rings. The van der Waals surface area contributed by atoms with Gasteiger partial charge < -0.3 is 19.5 Å². The fraction of sp³-hybridized carbons (Fsp3) is 0.259. The molecule has 5 rings (SSSR count). The van der Waals surface area contributed by atoms with Crippen LogP contribution in [0.5, 0.6) is 17.2 Å². The predicted octanol–water partition coefficient (Wildman–Crippen LogP) is 8.09. The van der Waals surface area contributed by atoms with E-state index in [-0.39, 0.29) is 35.1 Å². The first-order valence-corrected chi connectivity index (χ1v) is 13.1. The van der Waals surface area contributed by atoms with Gasteiger partial charge in [0.1, 0.15) is 12.4 Å². The van der Waals surface area contributed by atoms with E-state index >= 15 is 0 Å². The molecule has 0 saturated carbocycles. The minimum absolute atomic E-state index is 0.0783. The first-order chi connectivity index (χ1) is 17.8. The van der Waals surface area contributed by atoms with Gasteiger partial charge in [-0.2, -0.15) is 0 Å². The van der Waals surface area contributed by atoms with E-state index in [1.54, 1.807) is 32.4 Å². The van der Waals surface area contributed by atoms with Gasteiger partial charge in [-0.05, 0) is 64.2 Å². The fourth-order valence-electron chi connectivity index (χ4n) is 5.17. The zero-order valence-corrected chi connectivity index (χ0v) is 23.1. The molecule has 7 nitrogen and oxygen atoms in total. The lowest BCUT2D eigenvalue weighted by Crippen LogP contribution is -2.30. The first kappa shape index (κ1) is 25.7. The minimum Gasteiger partial charge on any atom is -0.495 e. The maximum absolute atomic E-state index is 11.8. The van der Waals surface area contributed by atoms with Crippen LogP contribution >= 0.6 is 39.1 Å². The number of anilines is 1. The summed E-state index contributed by atoms with van der Waals surface area (Å²) in [6, 6.07) is 12.2. The van der Waals surface area contributed by atoms with Crippen molar-refractivity contribution in [2.45, 2.75) is 25.0 Å². The smallest absolute Gasteiger partial charge is 0.275 e. The molecule has 0 saturated heterocycles. The average molecular weight is 606 g/mol. The number of benzene rings is 3. The molecule has 192 valence electrons. The Morgan fingerprint density at radius 2 is 1.89 bits per heavy atom. The lowest BCUT2D eigenvalue weighted by Gasteiger charge is -2.38. The number of nitrogens with zero attached hydrogens (tertiary/aromatic N) is 1. The number of methoxy groups -OCH3 is 2. The van der Waals surface area contributed by atoms with Gasteiger partial charge >= 0.3 is 0 Å². The van der Waals surface area contributed by atoms with Crippen molar-refractivity contribution in [3.8, 4) is 17.2 Å². The van der Waals surface area contributed by atoms with E-state index in [4.69, 9.17) is 37.4 Å². The third kappa shape index (κ3) is 4.74. The van der Waals surface area contributed by atoms with Gasteiger partial charge in [0.2, 0.25) is 0 Å². The monoisotopic (exact) mass is 604 g/mol. The van der Waals surface area contributed by atoms with Crippen molar-refractivity contribution in [3.05, 3.63) is 95.9 Å². The number of nitro groups is 1. The molecule has 0 radical (unpaired) electrons. The Morgan fingerprint density at radius 3 is 2.59 bits per heavy atom. The zero-order chi connectivity index (χ0) is 26.3. The standard InChI is InChI=1S/C27H23BrCl2N2O5/c1-35-22-9-8-21(32(33)34)24-17-4-3-5-18(17)25(31-26(22)24)15-10-19(28)27(23(11-15)36-2)37-13-14-6-7-16(29)12-20(14)30/h3-4,6-12,17-18,25,31H,5,13H2,1-2H3/t17-,18-,25+/m0/s1. The van der Waals surface area contributed by atoms with Crippen LogP contribution in [0.4, 0.5) is 11.4 Å². The summed E-state index contributed by atoms with van der Waals surface area (Å²) in [6.45, 7) is 0.231. The van der Waals surface area contributed by atoms with Gasteiger partial charge in [0.05, 0.1) is 40.9 Å². The molecule has 1 N–H and O–H groups in total. The van der Waals surface area contributed by atoms with Crippen molar-refractivity contribution in [1.29, 1.82) is 0 Å². The molecular weight excluding hydrogens is 583 g/mol. The normalized spacial score (nSPS) is 19.5. The van der Waals surface area contributed by atoms with E-state index in [1.165, 1.54) is 6.07 Å². The second-order valence-corrected chi connectivity index (χ2v) is 10.6. The Hall–Kier alpha value is -2.94. The van der Waals surface area contributed by atoms with Crippen molar-refractivity contribution >= 4 is 50.5 Å². The number of nitrogens with one attached hydrogen (secondary N) is 1. The Balaban J connectivity index is 1.51. The third-order valence-corrected chi connectivity index (χ3v) is 8.05. The van der Waals surface area contributed by atoms with Gasteiger partial charge in [-0.3, -0.25) is 10.1 Å². The summed E-state index contributed by atoms with van der Waals surface area (Å²) < 4.78 is 18.1. The van der Waals surface area contributed by atoms with Crippen LogP contribution in [0, 0.1) is 16.0 Å². The summed E-state index contributed by atoms with van der Waals surface area (Å²) in [4.78, 5) is 11.5. The van der Waals surface area contributed by atoms with Gasteiger partial charge in [-0.25, -0.2) is 0 Å². The number of hydrogen-bond donors (Lipinski definition) is 1. The summed E-state index contributed by atoms with van der Waals surface area (Å²) >= 11 is 16.0. The molecule has 0 bridgehead atoms. The van der Waals surface area contributed by atoms with Gasteiger partial charge in [-0.1, -0.05) is 41.4 Å². The van der Waals surface area contributed by atoms with Crippen LogP contribution in [-0.2, 0) is 6.61 Å². The highest BCUT2D eigenvalue weighted by atomic mass is 79.9. The van der Waals surface area contributed by atoms with Gasteiger partial charge in [0.15, 0.2) is 11.5 Å². The summed E-state index contributed by atoms with van der Waals surface area (Å²) in [5.41, 5.74) is 3.14. The van der Waals surface area contributed by atoms with Crippen LogP contribution in [-0.4, -0.2) is 19.1 Å². The van der Waals surface area contributed by atoms with Crippen LogP contribution in [0.1, 0.15) is 35.1 Å². The number of allylic oxidation sites excluding steroid dienone is 2. The second kappa shape index (κ2) is 10.4. The Kier molecular flexibility index (Phi) is 7.25. The van der Waals surface area contributed by atoms with Crippen LogP contribution in [0.2, 0.25) is 10.0 Å². The van der Waals surface area contributed by atoms with Gasteiger partial charge in [-0.15, -0.1) is 0 Å². The second-order valence-electron chi connectivity index (χ2n) is 8.87. The zero-order valence-electron chi connectivity index (χ0n) is 20.0. The molecule has 3 atom stereocenters. The number of nitro benzene ring substituents is 1. The summed E-state index contributed by atoms with van der Waals surface area (Å²) in [7, 11) is 3.15. The lowest BCUT2D eigenvalue weighted by atomic mass is 9.76. The van der Waals surface area contributed by atoms with Crippen LogP contribution in [0.25, 0.3) is 0 Å². The van der Waals surface area contributed by atoms with Crippen LogP contribution in [0.15, 0.2) is 59.1 Å². The molecule has 1 aliphatic carbocycles. The van der Waals surface area contributed by atoms with Crippen LogP contribution < -0.4 is 19.5 Å². The van der Waals surface area contributed by atoms with Crippen molar-refractivity contribution in [2.24, 2.45) is 5.92 Å². The highest BCUT2D eigenvalue weighted by molar-refractivity contribution is 9.10. The molecule has 0 unspecified atom stereocenters. The Morgan fingerprint density at radius 1 is 1.11 bits per heavy atom. The fourth-order valence-corrected chi connectivity index (χ4v) is 6.21. The molecule has 0 spiro atoms. The number of fused-ring (bicyclic) bond motifs is 3. The number of ether oxygens (including phenoxy) is 3. The molecule has 3 aromatic carbocycles. The molecule has 0 amide bonds. The topological polar surface area (TPSA) is 82.9 Å². The molecule has 0 fully saturated rings. The van der Waals surface area contributed by atoms with Crippen molar-refractivity contribution in [3.63, 3.8) is 0 Å². The Bertz CT molecular complexity index is 1410. The van der Waals surface area contributed by atoms with E-state index in [1.807, 2.05) is 18.2 Å². The van der Waals surface area contributed by atoms with E-state index in [0.29, 0.717) is 43.0 Å². The van der Waals surface area contributed by atoms with E-state index in [9.17, 15) is 10.1 Å². The minimum atomic E-state index is -0.331. The highest BCUT2D eigenvalue weighted by Gasteiger charge is 2.43. The lowest BCUT2D eigenvalue weighted by molar-refractivity contribution is -0.385. The quantitative estimate of drug-likeness (QED) is 0.166. The molecule has 3 aromatic rings. The molecule has 37 heavy (non-hydrogen) atoms. The largest absolute Gasteiger partial charge is 0.495 e. The summed E-state index contributed by atoms with van der Waals surface area (Å²) in [6.07, 6.45) is 4.93. The summed E-state index contributed by atoms with van der Waals surface area (Å²) in [5.74, 6) is 1.62. The molecular formula is C27H23BrCl2N2O5. The maximum atomic E-state index is 11.8. The van der Waals surface area contributed by atoms with Gasteiger partial charge in [0, 0.05) is 27.6 Å².